The molecule has 112 valence electrons. The van der Waals surface area contributed by atoms with Crippen molar-refractivity contribution in [1.82, 2.24) is 14.6 Å². The summed E-state index contributed by atoms with van der Waals surface area (Å²) in [6.45, 7) is 5.48. The molecule has 2 rings (SSSR count). The van der Waals surface area contributed by atoms with E-state index in [1.54, 1.807) is 5.38 Å². The summed E-state index contributed by atoms with van der Waals surface area (Å²) in [5.41, 5.74) is 0.127. The van der Waals surface area contributed by atoms with E-state index in [1.807, 2.05) is 20.8 Å². The van der Waals surface area contributed by atoms with Crippen LogP contribution in [0.1, 0.15) is 26.5 Å². The normalized spacial score (nSPS) is 11.2. The highest BCUT2D eigenvalue weighted by atomic mass is 32.1. The number of thiazole rings is 1. The van der Waals surface area contributed by atoms with Crippen LogP contribution in [-0.4, -0.2) is 26.4 Å². The second kappa shape index (κ2) is 6.27. The molecular formula is C12H15N5O2S2. The van der Waals surface area contributed by atoms with Gasteiger partial charge in [-0.3, -0.25) is 9.59 Å². The van der Waals surface area contributed by atoms with Gasteiger partial charge in [-0.15, -0.1) is 16.4 Å². The van der Waals surface area contributed by atoms with Gasteiger partial charge in [0.2, 0.25) is 11.8 Å². The SMILES string of the molecule is CC(C)(C)C(=O)Nc1nc(CC(=O)Nc2cnns2)cs1. The van der Waals surface area contributed by atoms with Gasteiger partial charge in [0, 0.05) is 22.3 Å². The van der Waals surface area contributed by atoms with Crippen LogP contribution in [-0.2, 0) is 16.0 Å². The van der Waals surface area contributed by atoms with E-state index in [9.17, 15) is 9.59 Å². The molecule has 2 aromatic heterocycles. The molecule has 2 amide bonds. The lowest BCUT2D eigenvalue weighted by Gasteiger charge is -2.15. The molecule has 0 saturated heterocycles. The molecule has 9 heteroatoms. The summed E-state index contributed by atoms with van der Waals surface area (Å²) in [7, 11) is 0. The van der Waals surface area contributed by atoms with Crippen LogP contribution in [0, 0.1) is 5.41 Å². The van der Waals surface area contributed by atoms with Crippen molar-refractivity contribution >= 4 is 44.8 Å². The lowest BCUT2D eigenvalue weighted by molar-refractivity contribution is -0.123. The van der Waals surface area contributed by atoms with Crippen LogP contribution in [0.25, 0.3) is 0 Å². The van der Waals surface area contributed by atoms with E-state index in [4.69, 9.17) is 0 Å². The standard InChI is InChI=1S/C12H15N5O2S2/c1-12(2,3)10(19)16-11-14-7(6-20-11)4-8(18)15-9-5-13-17-21-9/h5-6H,4H2,1-3H3,(H,15,18)(H,14,16,19). The van der Waals surface area contributed by atoms with Crippen LogP contribution in [0.5, 0.6) is 0 Å². The van der Waals surface area contributed by atoms with Gasteiger partial charge >= 0.3 is 0 Å². The fraction of sp³-hybridized carbons (Fsp3) is 0.417. The highest BCUT2D eigenvalue weighted by Gasteiger charge is 2.22. The quantitative estimate of drug-likeness (QED) is 0.898. The van der Waals surface area contributed by atoms with Crippen molar-refractivity contribution in [3.05, 3.63) is 17.3 Å². The highest BCUT2D eigenvalue weighted by Crippen LogP contribution is 2.21. The smallest absolute Gasteiger partial charge is 0.231 e. The average Bonchev–Trinajstić information content (AvgIpc) is 3.00. The van der Waals surface area contributed by atoms with Crippen LogP contribution < -0.4 is 10.6 Å². The molecule has 0 aliphatic carbocycles. The summed E-state index contributed by atoms with van der Waals surface area (Å²) in [4.78, 5) is 27.9. The van der Waals surface area contributed by atoms with Gasteiger partial charge in [0.25, 0.3) is 0 Å². The third-order valence-electron chi connectivity index (χ3n) is 2.42. The maximum Gasteiger partial charge on any atom is 0.231 e. The van der Waals surface area contributed by atoms with Gasteiger partial charge < -0.3 is 10.6 Å². The molecule has 2 N–H and O–H groups in total. The number of hydrogen-bond acceptors (Lipinski definition) is 7. The van der Waals surface area contributed by atoms with Gasteiger partial charge in [0.05, 0.1) is 18.3 Å². The average molecular weight is 325 g/mol. The van der Waals surface area contributed by atoms with E-state index >= 15 is 0 Å². The minimum absolute atomic E-state index is 0.108. The van der Waals surface area contributed by atoms with Gasteiger partial charge in [-0.2, -0.15) is 0 Å². The minimum atomic E-state index is -0.484. The molecule has 0 aliphatic heterocycles. The van der Waals surface area contributed by atoms with Crippen molar-refractivity contribution < 1.29 is 9.59 Å². The molecule has 0 radical (unpaired) electrons. The first-order valence-electron chi connectivity index (χ1n) is 6.17. The number of nitrogens with zero attached hydrogens (tertiary/aromatic N) is 3. The van der Waals surface area contributed by atoms with Gasteiger partial charge in [-0.05, 0) is 0 Å². The fourth-order valence-corrected chi connectivity index (χ4v) is 2.44. The van der Waals surface area contributed by atoms with E-state index in [1.165, 1.54) is 17.5 Å². The van der Waals surface area contributed by atoms with Crippen molar-refractivity contribution in [2.75, 3.05) is 10.6 Å². The van der Waals surface area contributed by atoms with Gasteiger partial charge in [0.1, 0.15) is 5.00 Å². The van der Waals surface area contributed by atoms with Gasteiger partial charge in [0.15, 0.2) is 5.13 Å². The number of carbonyl (C=O) groups is 2. The van der Waals surface area contributed by atoms with Crippen molar-refractivity contribution in [1.29, 1.82) is 0 Å². The summed E-state index contributed by atoms with van der Waals surface area (Å²) < 4.78 is 3.66. The van der Waals surface area contributed by atoms with Crippen LogP contribution >= 0.6 is 22.9 Å². The van der Waals surface area contributed by atoms with Crippen LogP contribution in [0.2, 0.25) is 0 Å². The first-order chi connectivity index (χ1) is 9.84. The molecule has 7 nitrogen and oxygen atoms in total. The molecule has 0 bridgehead atoms. The van der Waals surface area contributed by atoms with Crippen molar-refractivity contribution in [2.24, 2.45) is 5.41 Å². The zero-order chi connectivity index (χ0) is 15.5. The lowest BCUT2D eigenvalue weighted by Crippen LogP contribution is -2.27. The largest absolute Gasteiger partial charge is 0.315 e. The Morgan fingerprint density at radius 2 is 2.05 bits per heavy atom. The monoisotopic (exact) mass is 325 g/mol. The van der Waals surface area contributed by atoms with Crippen molar-refractivity contribution in [3.8, 4) is 0 Å². The Kier molecular flexibility index (Phi) is 4.63. The van der Waals surface area contributed by atoms with Crippen LogP contribution in [0.3, 0.4) is 0 Å². The first kappa shape index (κ1) is 15.5. The lowest BCUT2D eigenvalue weighted by atomic mass is 9.96. The van der Waals surface area contributed by atoms with Crippen molar-refractivity contribution in [2.45, 2.75) is 27.2 Å². The predicted octanol–water partition coefficient (Wildman–Crippen LogP) is 2.16. The Morgan fingerprint density at radius 3 is 2.67 bits per heavy atom. The first-order valence-corrected chi connectivity index (χ1v) is 7.83. The third-order valence-corrected chi connectivity index (χ3v) is 3.81. The molecule has 0 unspecified atom stereocenters. The molecule has 21 heavy (non-hydrogen) atoms. The number of aromatic nitrogens is 3. The molecule has 2 heterocycles. The summed E-state index contributed by atoms with van der Waals surface area (Å²) in [5, 5.41) is 11.9. The Morgan fingerprint density at radius 1 is 1.29 bits per heavy atom. The summed E-state index contributed by atoms with van der Waals surface area (Å²) in [6, 6.07) is 0. The van der Waals surface area contributed by atoms with E-state index in [2.05, 4.69) is 25.2 Å². The summed E-state index contributed by atoms with van der Waals surface area (Å²) in [6.07, 6.45) is 1.62. The van der Waals surface area contributed by atoms with Crippen molar-refractivity contribution in [3.63, 3.8) is 0 Å². The Balaban J connectivity index is 1.91. The highest BCUT2D eigenvalue weighted by molar-refractivity contribution is 7.14. The number of nitrogens with one attached hydrogen (secondary N) is 2. The van der Waals surface area contributed by atoms with Crippen LogP contribution in [0.15, 0.2) is 11.6 Å². The maximum absolute atomic E-state index is 11.8. The van der Waals surface area contributed by atoms with Gasteiger partial charge in [-0.25, -0.2) is 4.98 Å². The number of carbonyl (C=O) groups excluding carboxylic acids is 2. The molecule has 0 aromatic carbocycles. The predicted molar refractivity (Wildman–Crippen MR) is 82.4 cm³/mol. The van der Waals surface area contributed by atoms with Crippen LogP contribution in [0.4, 0.5) is 10.1 Å². The molecule has 0 atom stereocenters. The van der Waals surface area contributed by atoms with E-state index in [0.717, 1.165) is 11.5 Å². The Hall–Kier alpha value is -1.87. The molecule has 0 aliphatic rings. The van der Waals surface area contributed by atoms with Gasteiger partial charge in [-0.1, -0.05) is 25.3 Å². The zero-order valence-electron chi connectivity index (χ0n) is 11.8. The summed E-state index contributed by atoms with van der Waals surface area (Å²) in [5.74, 6) is -0.302. The third kappa shape index (κ3) is 4.57. The number of amides is 2. The zero-order valence-corrected chi connectivity index (χ0v) is 13.5. The van der Waals surface area contributed by atoms with E-state index in [0.29, 0.717) is 15.8 Å². The number of hydrogen-bond donors (Lipinski definition) is 2. The molecule has 0 saturated carbocycles. The minimum Gasteiger partial charge on any atom is -0.315 e. The fourth-order valence-electron chi connectivity index (χ4n) is 1.30. The second-order valence-electron chi connectivity index (χ2n) is 5.35. The van der Waals surface area contributed by atoms with E-state index < -0.39 is 5.41 Å². The number of rotatable bonds is 4. The Bertz CT molecular complexity index is 630. The maximum atomic E-state index is 11.8. The molecule has 0 spiro atoms. The molecular weight excluding hydrogens is 310 g/mol. The molecule has 0 fully saturated rings. The topological polar surface area (TPSA) is 96.9 Å². The molecule has 2 aromatic rings. The number of anilines is 2. The second-order valence-corrected chi connectivity index (χ2v) is 7.00. The summed E-state index contributed by atoms with van der Waals surface area (Å²) >= 11 is 2.41. The van der Waals surface area contributed by atoms with E-state index in [-0.39, 0.29) is 18.2 Å². The Labute approximate surface area is 130 Å².